The summed E-state index contributed by atoms with van der Waals surface area (Å²) in [6.07, 6.45) is 6.44. The molecule has 0 bridgehead atoms. The monoisotopic (exact) mass is 528 g/mol. The SMILES string of the molecule is CCNC(=NCC(CC)Oc1ccccc1)NC1CCN(C(=O)C2CCCC2)C1.I. The number of halogens is 1. The summed E-state index contributed by atoms with van der Waals surface area (Å²) in [6, 6.07) is 10.2. The van der Waals surface area contributed by atoms with Gasteiger partial charge in [0.25, 0.3) is 0 Å². The van der Waals surface area contributed by atoms with Crippen molar-refractivity contribution in [2.24, 2.45) is 10.9 Å². The highest BCUT2D eigenvalue weighted by Gasteiger charge is 2.32. The maximum Gasteiger partial charge on any atom is 0.225 e. The van der Waals surface area contributed by atoms with E-state index in [9.17, 15) is 4.79 Å². The first kappa shape index (κ1) is 24.8. The summed E-state index contributed by atoms with van der Waals surface area (Å²) in [5.41, 5.74) is 0. The molecule has 1 aliphatic heterocycles. The highest BCUT2D eigenvalue weighted by Crippen LogP contribution is 2.27. The van der Waals surface area contributed by atoms with Crippen molar-refractivity contribution in [1.82, 2.24) is 15.5 Å². The van der Waals surface area contributed by atoms with E-state index in [2.05, 4.69) is 24.5 Å². The predicted octanol–water partition coefficient (Wildman–Crippen LogP) is 3.81. The van der Waals surface area contributed by atoms with Crippen molar-refractivity contribution in [2.45, 2.75) is 64.5 Å². The number of aliphatic imine (C=N–C) groups is 1. The summed E-state index contributed by atoms with van der Waals surface area (Å²) in [4.78, 5) is 19.5. The molecule has 2 aliphatic rings. The Hall–Kier alpha value is -1.51. The van der Waals surface area contributed by atoms with Crippen LogP contribution < -0.4 is 15.4 Å². The predicted molar refractivity (Wildman–Crippen MR) is 133 cm³/mol. The molecular formula is C23H37IN4O2. The molecule has 30 heavy (non-hydrogen) atoms. The summed E-state index contributed by atoms with van der Waals surface area (Å²) in [7, 11) is 0. The molecule has 0 aromatic heterocycles. The summed E-state index contributed by atoms with van der Waals surface area (Å²) in [6.45, 7) is 7.21. The van der Waals surface area contributed by atoms with Gasteiger partial charge in [0.2, 0.25) is 5.91 Å². The quantitative estimate of drug-likeness (QED) is 0.306. The lowest BCUT2D eigenvalue weighted by Crippen LogP contribution is -2.45. The number of benzene rings is 1. The Kier molecular flexibility index (Phi) is 10.7. The Labute approximate surface area is 198 Å². The molecule has 1 saturated carbocycles. The van der Waals surface area contributed by atoms with Crippen molar-refractivity contribution >= 4 is 35.8 Å². The average molecular weight is 528 g/mol. The number of para-hydroxylation sites is 1. The van der Waals surface area contributed by atoms with Gasteiger partial charge in [0.05, 0.1) is 6.54 Å². The van der Waals surface area contributed by atoms with Crippen LogP contribution in [0.3, 0.4) is 0 Å². The molecule has 1 aromatic rings. The van der Waals surface area contributed by atoms with Crippen molar-refractivity contribution in [3.63, 3.8) is 0 Å². The fraction of sp³-hybridized carbons (Fsp3) is 0.652. The molecule has 7 heteroatoms. The first-order valence-corrected chi connectivity index (χ1v) is 11.2. The van der Waals surface area contributed by atoms with Crippen LogP contribution in [0.15, 0.2) is 35.3 Å². The standard InChI is InChI=1S/C23H36N4O2.HI/c1-3-20(29-21-12-6-5-7-13-21)16-25-23(24-4-2)26-19-14-15-27(17-19)22(28)18-10-8-9-11-18;/h5-7,12-13,18-20H,3-4,8-11,14-17H2,1-2H3,(H2,24,25,26);1H. The lowest BCUT2D eigenvalue weighted by atomic mass is 10.1. The molecule has 2 unspecified atom stereocenters. The van der Waals surface area contributed by atoms with E-state index in [0.29, 0.717) is 12.5 Å². The molecule has 2 fully saturated rings. The maximum absolute atomic E-state index is 12.7. The number of hydrogen-bond donors (Lipinski definition) is 2. The van der Waals surface area contributed by atoms with Crippen LogP contribution in [0, 0.1) is 5.92 Å². The van der Waals surface area contributed by atoms with Gasteiger partial charge in [-0.2, -0.15) is 0 Å². The zero-order valence-corrected chi connectivity index (χ0v) is 20.6. The third kappa shape index (κ3) is 7.32. The normalized spacial score (nSPS) is 20.5. The maximum atomic E-state index is 12.7. The second-order valence-electron chi connectivity index (χ2n) is 8.08. The van der Waals surface area contributed by atoms with Crippen LogP contribution in [0.25, 0.3) is 0 Å². The zero-order valence-electron chi connectivity index (χ0n) is 18.3. The molecule has 1 aliphatic carbocycles. The Morgan fingerprint density at radius 3 is 2.60 bits per heavy atom. The molecule has 1 aromatic carbocycles. The highest BCUT2D eigenvalue weighted by molar-refractivity contribution is 14.0. The molecule has 3 rings (SSSR count). The van der Waals surface area contributed by atoms with Gasteiger partial charge in [0.15, 0.2) is 5.96 Å². The number of ether oxygens (including phenoxy) is 1. The fourth-order valence-electron chi connectivity index (χ4n) is 4.16. The number of rotatable bonds is 8. The molecular weight excluding hydrogens is 491 g/mol. The number of carbonyl (C=O) groups is 1. The third-order valence-electron chi connectivity index (χ3n) is 5.84. The zero-order chi connectivity index (χ0) is 20.5. The topological polar surface area (TPSA) is 66.0 Å². The third-order valence-corrected chi connectivity index (χ3v) is 5.84. The van der Waals surface area contributed by atoms with Crippen LogP contribution >= 0.6 is 24.0 Å². The van der Waals surface area contributed by atoms with E-state index in [1.807, 2.05) is 35.2 Å². The number of likely N-dealkylation sites (tertiary alicyclic amines) is 1. The number of amides is 1. The Balaban J connectivity index is 0.00000320. The number of nitrogens with zero attached hydrogens (tertiary/aromatic N) is 2. The van der Waals surface area contributed by atoms with Gasteiger partial charge < -0.3 is 20.3 Å². The largest absolute Gasteiger partial charge is 0.489 e. The van der Waals surface area contributed by atoms with Gasteiger partial charge in [-0.3, -0.25) is 4.79 Å². The van der Waals surface area contributed by atoms with E-state index in [0.717, 1.165) is 57.0 Å². The van der Waals surface area contributed by atoms with Crippen LogP contribution in [0.2, 0.25) is 0 Å². The van der Waals surface area contributed by atoms with Gasteiger partial charge >= 0.3 is 0 Å². The highest BCUT2D eigenvalue weighted by atomic mass is 127. The van der Waals surface area contributed by atoms with Gasteiger partial charge in [-0.1, -0.05) is 38.0 Å². The molecule has 0 spiro atoms. The molecule has 6 nitrogen and oxygen atoms in total. The van der Waals surface area contributed by atoms with Gasteiger partial charge in [-0.05, 0) is 44.7 Å². The van der Waals surface area contributed by atoms with Gasteiger partial charge in [0.1, 0.15) is 11.9 Å². The molecule has 2 atom stereocenters. The number of carbonyl (C=O) groups excluding carboxylic acids is 1. The Bertz CT molecular complexity index is 664. The summed E-state index contributed by atoms with van der Waals surface area (Å²) < 4.78 is 6.05. The Morgan fingerprint density at radius 2 is 1.93 bits per heavy atom. The Morgan fingerprint density at radius 1 is 1.20 bits per heavy atom. The van der Waals surface area contributed by atoms with Crippen LogP contribution in [0.5, 0.6) is 5.75 Å². The molecule has 1 amide bonds. The van der Waals surface area contributed by atoms with Gasteiger partial charge in [-0.25, -0.2) is 4.99 Å². The van der Waals surface area contributed by atoms with Crippen molar-refractivity contribution in [3.8, 4) is 5.75 Å². The van der Waals surface area contributed by atoms with E-state index in [1.54, 1.807) is 0 Å². The van der Waals surface area contributed by atoms with Crippen LogP contribution in [0.1, 0.15) is 52.4 Å². The smallest absolute Gasteiger partial charge is 0.225 e. The second kappa shape index (κ2) is 13.0. The molecule has 168 valence electrons. The van der Waals surface area contributed by atoms with E-state index >= 15 is 0 Å². The lowest BCUT2D eigenvalue weighted by molar-refractivity contribution is -0.134. The van der Waals surface area contributed by atoms with Gasteiger partial charge in [0, 0.05) is 31.6 Å². The second-order valence-corrected chi connectivity index (χ2v) is 8.08. The average Bonchev–Trinajstić information content (AvgIpc) is 3.44. The molecule has 1 heterocycles. The van der Waals surface area contributed by atoms with Gasteiger partial charge in [-0.15, -0.1) is 24.0 Å². The first-order valence-electron chi connectivity index (χ1n) is 11.2. The summed E-state index contributed by atoms with van der Waals surface area (Å²) in [5.74, 6) is 2.30. The number of hydrogen-bond acceptors (Lipinski definition) is 3. The minimum Gasteiger partial charge on any atom is -0.489 e. The fourth-order valence-corrected chi connectivity index (χ4v) is 4.16. The van der Waals surface area contributed by atoms with Crippen molar-refractivity contribution in [3.05, 3.63) is 30.3 Å². The minimum absolute atomic E-state index is 0. The molecule has 1 saturated heterocycles. The molecule has 0 radical (unpaired) electrons. The number of nitrogens with one attached hydrogen (secondary N) is 2. The van der Waals surface area contributed by atoms with Crippen LogP contribution in [-0.2, 0) is 4.79 Å². The van der Waals surface area contributed by atoms with E-state index in [-0.39, 0.29) is 42.0 Å². The van der Waals surface area contributed by atoms with Crippen LogP contribution in [-0.4, -0.2) is 55.1 Å². The number of guanidine groups is 1. The minimum atomic E-state index is 0. The van der Waals surface area contributed by atoms with Crippen molar-refractivity contribution in [1.29, 1.82) is 0 Å². The van der Waals surface area contributed by atoms with E-state index < -0.39 is 0 Å². The van der Waals surface area contributed by atoms with Crippen LogP contribution in [0.4, 0.5) is 0 Å². The first-order chi connectivity index (χ1) is 14.2. The van der Waals surface area contributed by atoms with Crippen molar-refractivity contribution < 1.29 is 9.53 Å². The van der Waals surface area contributed by atoms with Crippen molar-refractivity contribution in [2.75, 3.05) is 26.2 Å². The molecule has 2 N–H and O–H groups in total. The van der Waals surface area contributed by atoms with E-state index in [1.165, 1.54) is 12.8 Å². The lowest BCUT2D eigenvalue weighted by Gasteiger charge is -2.22. The summed E-state index contributed by atoms with van der Waals surface area (Å²) >= 11 is 0. The van der Waals surface area contributed by atoms with E-state index in [4.69, 9.17) is 9.73 Å². The summed E-state index contributed by atoms with van der Waals surface area (Å²) in [5, 5.41) is 6.86.